The van der Waals surface area contributed by atoms with E-state index in [9.17, 15) is 0 Å². The van der Waals surface area contributed by atoms with Crippen LogP contribution >= 0.6 is 0 Å². The van der Waals surface area contributed by atoms with Crippen LogP contribution in [0.15, 0.2) is 48.7 Å². The van der Waals surface area contributed by atoms with Crippen molar-refractivity contribution in [3.05, 3.63) is 59.9 Å². The van der Waals surface area contributed by atoms with Crippen LogP contribution in [0, 0.1) is 11.3 Å². The quantitative estimate of drug-likeness (QED) is 0.757. The molecule has 3 aromatic rings. The van der Waals surface area contributed by atoms with E-state index in [0.29, 0.717) is 18.1 Å². The van der Waals surface area contributed by atoms with Gasteiger partial charge in [0.1, 0.15) is 17.6 Å². The van der Waals surface area contributed by atoms with E-state index in [0.717, 1.165) is 16.5 Å². The van der Waals surface area contributed by atoms with E-state index in [1.807, 2.05) is 47.2 Å². The number of pyridine rings is 1. The number of rotatable bonds is 2. The molecule has 0 amide bonds. The molecular formula is C15H12N4. The molecule has 0 saturated carbocycles. The first-order chi connectivity index (χ1) is 9.28. The fourth-order valence-corrected chi connectivity index (χ4v) is 2.14. The zero-order chi connectivity index (χ0) is 13.2. The fraction of sp³-hybridized carbons (Fsp3) is 0.0667. The van der Waals surface area contributed by atoms with Crippen LogP contribution in [0.5, 0.6) is 0 Å². The highest BCUT2D eigenvalue weighted by molar-refractivity contribution is 5.81. The molecule has 0 aliphatic carbocycles. The van der Waals surface area contributed by atoms with Crippen LogP contribution in [0.1, 0.15) is 11.3 Å². The second-order valence-electron chi connectivity index (χ2n) is 4.36. The van der Waals surface area contributed by atoms with E-state index in [-0.39, 0.29) is 0 Å². The number of aromatic nitrogens is 2. The summed E-state index contributed by atoms with van der Waals surface area (Å²) >= 11 is 0. The average molecular weight is 248 g/mol. The van der Waals surface area contributed by atoms with Gasteiger partial charge in [0.2, 0.25) is 0 Å². The molecule has 0 atom stereocenters. The van der Waals surface area contributed by atoms with Crippen molar-refractivity contribution in [1.82, 2.24) is 9.55 Å². The highest BCUT2D eigenvalue weighted by Crippen LogP contribution is 2.19. The lowest BCUT2D eigenvalue weighted by atomic mass is 10.1. The van der Waals surface area contributed by atoms with Crippen molar-refractivity contribution in [2.45, 2.75) is 6.54 Å². The summed E-state index contributed by atoms with van der Waals surface area (Å²) in [6, 6.07) is 15.7. The lowest BCUT2D eigenvalue weighted by Crippen LogP contribution is -2.05. The summed E-state index contributed by atoms with van der Waals surface area (Å²) in [5.41, 5.74) is 8.41. The molecule has 2 heterocycles. The Morgan fingerprint density at radius 1 is 1.21 bits per heavy atom. The largest absolute Gasteiger partial charge is 0.383 e. The van der Waals surface area contributed by atoms with Gasteiger partial charge >= 0.3 is 0 Å². The Kier molecular flexibility index (Phi) is 2.66. The van der Waals surface area contributed by atoms with E-state index >= 15 is 0 Å². The van der Waals surface area contributed by atoms with E-state index in [2.05, 4.69) is 11.1 Å². The summed E-state index contributed by atoms with van der Waals surface area (Å²) in [5.74, 6) is 0.510. The molecule has 19 heavy (non-hydrogen) atoms. The number of nitrogen functional groups attached to an aromatic ring is 1. The Labute approximate surface area is 110 Å². The molecule has 1 aromatic carbocycles. The minimum Gasteiger partial charge on any atom is -0.383 e. The van der Waals surface area contributed by atoms with Crippen molar-refractivity contribution in [2.24, 2.45) is 0 Å². The summed E-state index contributed by atoms with van der Waals surface area (Å²) in [6.07, 6.45) is 1.87. The van der Waals surface area contributed by atoms with Gasteiger partial charge in [-0.25, -0.2) is 4.98 Å². The van der Waals surface area contributed by atoms with Crippen molar-refractivity contribution in [2.75, 3.05) is 5.73 Å². The molecule has 0 bridgehead atoms. The monoisotopic (exact) mass is 248 g/mol. The number of nitriles is 1. The van der Waals surface area contributed by atoms with Gasteiger partial charge in [0, 0.05) is 17.1 Å². The molecule has 4 heteroatoms. The van der Waals surface area contributed by atoms with Crippen molar-refractivity contribution in [1.29, 1.82) is 5.26 Å². The summed E-state index contributed by atoms with van der Waals surface area (Å²) in [7, 11) is 0. The molecule has 92 valence electrons. The number of fused-ring (bicyclic) bond motifs is 1. The molecule has 0 aliphatic heterocycles. The summed E-state index contributed by atoms with van der Waals surface area (Å²) in [6.45, 7) is 0.555. The van der Waals surface area contributed by atoms with Crippen molar-refractivity contribution < 1.29 is 0 Å². The molecule has 0 fully saturated rings. The Morgan fingerprint density at radius 3 is 2.89 bits per heavy atom. The molecule has 0 spiro atoms. The van der Waals surface area contributed by atoms with Crippen LogP contribution in [-0.2, 0) is 6.54 Å². The van der Waals surface area contributed by atoms with Crippen LogP contribution in [0.2, 0.25) is 0 Å². The standard InChI is InChI=1S/C15H12N4/c16-9-13-5-3-7-19(13)10-12-8-11-4-1-2-6-14(11)18-15(12)17/h1-8H,10H2,(H2,17,18). The van der Waals surface area contributed by atoms with Gasteiger partial charge in [-0.1, -0.05) is 18.2 Å². The van der Waals surface area contributed by atoms with Gasteiger partial charge in [0.25, 0.3) is 0 Å². The number of nitrogens with zero attached hydrogens (tertiary/aromatic N) is 3. The number of benzene rings is 1. The molecule has 2 N–H and O–H groups in total. The van der Waals surface area contributed by atoms with E-state index in [1.54, 1.807) is 6.07 Å². The number of hydrogen-bond donors (Lipinski definition) is 1. The first-order valence-corrected chi connectivity index (χ1v) is 5.97. The first kappa shape index (κ1) is 11.3. The van der Waals surface area contributed by atoms with Crippen LogP contribution < -0.4 is 5.73 Å². The first-order valence-electron chi connectivity index (χ1n) is 5.97. The summed E-state index contributed by atoms with van der Waals surface area (Å²) in [4.78, 5) is 4.39. The van der Waals surface area contributed by atoms with Gasteiger partial charge in [-0.2, -0.15) is 5.26 Å². The van der Waals surface area contributed by atoms with E-state index in [1.165, 1.54) is 0 Å². The molecule has 0 saturated heterocycles. The minimum atomic E-state index is 0.510. The fourth-order valence-electron chi connectivity index (χ4n) is 2.14. The Balaban J connectivity index is 2.06. The van der Waals surface area contributed by atoms with Gasteiger partial charge in [0.15, 0.2) is 0 Å². The van der Waals surface area contributed by atoms with E-state index < -0.39 is 0 Å². The van der Waals surface area contributed by atoms with Crippen LogP contribution in [0.25, 0.3) is 10.9 Å². The van der Waals surface area contributed by atoms with Gasteiger partial charge in [-0.3, -0.25) is 0 Å². The van der Waals surface area contributed by atoms with Gasteiger partial charge < -0.3 is 10.3 Å². The van der Waals surface area contributed by atoms with Crippen LogP contribution in [-0.4, -0.2) is 9.55 Å². The lowest BCUT2D eigenvalue weighted by molar-refractivity contribution is 0.794. The van der Waals surface area contributed by atoms with Crippen LogP contribution in [0.4, 0.5) is 5.82 Å². The van der Waals surface area contributed by atoms with Crippen molar-refractivity contribution >= 4 is 16.7 Å². The van der Waals surface area contributed by atoms with Crippen molar-refractivity contribution in [3.63, 3.8) is 0 Å². The average Bonchev–Trinajstić information content (AvgIpc) is 2.87. The predicted molar refractivity (Wildman–Crippen MR) is 74.4 cm³/mol. The number of anilines is 1. The Hall–Kier alpha value is -2.80. The van der Waals surface area contributed by atoms with Crippen molar-refractivity contribution in [3.8, 4) is 6.07 Å². The number of para-hydroxylation sites is 1. The third-order valence-corrected chi connectivity index (χ3v) is 3.12. The highest BCUT2D eigenvalue weighted by Gasteiger charge is 2.06. The molecule has 0 aliphatic rings. The second-order valence-corrected chi connectivity index (χ2v) is 4.36. The van der Waals surface area contributed by atoms with Crippen LogP contribution in [0.3, 0.4) is 0 Å². The molecule has 3 rings (SSSR count). The van der Waals surface area contributed by atoms with Gasteiger partial charge in [0.05, 0.1) is 12.1 Å². The highest BCUT2D eigenvalue weighted by atomic mass is 15.0. The Bertz CT molecular complexity index is 780. The third-order valence-electron chi connectivity index (χ3n) is 3.12. The summed E-state index contributed by atoms with van der Waals surface area (Å²) in [5, 5.41) is 10.1. The smallest absolute Gasteiger partial charge is 0.129 e. The Morgan fingerprint density at radius 2 is 2.05 bits per heavy atom. The molecule has 0 unspecified atom stereocenters. The lowest BCUT2D eigenvalue weighted by Gasteiger charge is -2.09. The maximum atomic E-state index is 9.01. The predicted octanol–water partition coefficient (Wildman–Crippen LogP) is 2.54. The normalized spacial score (nSPS) is 10.5. The number of hydrogen-bond acceptors (Lipinski definition) is 3. The van der Waals surface area contributed by atoms with Gasteiger partial charge in [-0.15, -0.1) is 0 Å². The van der Waals surface area contributed by atoms with E-state index in [4.69, 9.17) is 11.0 Å². The maximum absolute atomic E-state index is 9.01. The molecular weight excluding hydrogens is 236 g/mol. The zero-order valence-corrected chi connectivity index (χ0v) is 10.2. The molecule has 0 radical (unpaired) electrons. The SMILES string of the molecule is N#Cc1cccn1Cc1cc2ccccc2nc1N. The molecule has 2 aromatic heterocycles. The maximum Gasteiger partial charge on any atom is 0.129 e. The number of nitrogens with two attached hydrogens (primary N) is 1. The zero-order valence-electron chi connectivity index (χ0n) is 10.2. The minimum absolute atomic E-state index is 0.510. The topological polar surface area (TPSA) is 67.6 Å². The van der Waals surface area contributed by atoms with Gasteiger partial charge in [-0.05, 0) is 24.3 Å². The second kappa shape index (κ2) is 4.46. The summed E-state index contributed by atoms with van der Waals surface area (Å²) < 4.78 is 1.86. The third kappa shape index (κ3) is 2.02. The molecule has 4 nitrogen and oxygen atoms in total.